The first-order chi connectivity index (χ1) is 12.7. The maximum Gasteiger partial charge on any atom is 0.434 e. The van der Waals surface area contributed by atoms with Crippen molar-refractivity contribution in [1.82, 2.24) is 14.7 Å². The molecule has 0 bridgehead atoms. The predicted molar refractivity (Wildman–Crippen MR) is 103 cm³/mol. The van der Waals surface area contributed by atoms with Gasteiger partial charge >= 0.3 is 6.18 Å². The van der Waals surface area contributed by atoms with E-state index in [1.165, 1.54) is 4.90 Å². The smallest absolute Gasteiger partial charge is 0.338 e. The zero-order valence-corrected chi connectivity index (χ0v) is 16.6. The number of para-hydroxylation sites is 1. The highest BCUT2D eigenvalue weighted by Gasteiger charge is 2.42. The molecule has 1 aromatic heterocycles. The number of piperidine rings is 1. The van der Waals surface area contributed by atoms with E-state index < -0.39 is 23.3 Å². The Labute approximate surface area is 168 Å². The van der Waals surface area contributed by atoms with Crippen molar-refractivity contribution in [3.8, 4) is 5.69 Å². The van der Waals surface area contributed by atoms with E-state index in [0.717, 1.165) is 23.7 Å². The topological polar surface area (TPSA) is 64.2 Å². The summed E-state index contributed by atoms with van der Waals surface area (Å²) in [5, 5.41) is 3.91. The van der Waals surface area contributed by atoms with Gasteiger partial charge in [-0.15, -0.1) is 12.4 Å². The van der Waals surface area contributed by atoms with Gasteiger partial charge in [-0.25, -0.2) is 4.68 Å². The van der Waals surface area contributed by atoms with E-state index in [9.17, 15) is 18.0 Å². The second kappa shape index (κ2) is 8.53. The Morgan fingerprint density at radius 1 is 1.32 bits per heavy atom. The number of nitrogens with two attached hydrogens (primary N) is 1. The first-order valence-electron chi connectivity index (χ1n) is 8.96. The molecule has 1 fully saturated rings. The molecule has 154 valence electrons. The van der Waals surface area contributed by atoms with Crippen LogP contribution in [-0.2, 0) is 6.18 Å². The van der Waals surface area contributed by atoms with Crippen molar-refractivity contribution in [1.29, 1.82) is 0 Å². The molecule has 1 amide bonds. The summed E-state index contributed by atoms with van der Waals surface area (Å²) in [6.45, 7) is 4.35. The molecule has 0 aliphatic carbocycles. The van der Waals surface area contributed by atoms with Crippen LogP contribution in [0, 0.1) is 12.8 Å². The Hall–Kier alpha value is -2.06. The lowest BCUT2D eigenvalue weighted by Crippen LogP contribution is -2.45. The van der Waals surface area contributed by atoms with Gasteiger partial charge < -0.3 is 10.6 Å². The second-order valence-corrected chi connectivity index (χ2v) is 7.12. The van der Waals surface area contributed by atoms with Gasteiger partial charge in [0, 0.05) is 19.1 Å². The molecule has 3 rings (SSSR count). The van der Waals surface area contributed by atoms with Crippen LogP contribution in [0.2, 0.25) is 0 Å². The van der Waals surface area contributed by atoms with Crippen LogP contribution < -0.4 is 5.73 Å². The van der Waals surface area contributed by atoms with Gasteiger partial charge in [0.05, 0.1) is 17.4 Å². The van der Waals surface area contributed by atoms with Crippen LogP contribution in [0.15, 0.2) is 30.5 Å². The molecule has 5 nitrogen and oxygen atoms in total. The molecule has 1 aromatic carbocycles. The maximum atomic E-state index is 13.8. The number of hydrogen-bond donors (Lipinski definition) is 1. The molecule has 28 heavy (non-hydrogen) atoms. The molecule has 1 saturated heterocycles. The Kier molecular flexibility index (Phi) is 6.77. The molecule has 1 aliphatic heterocycles. The normalized spacial score (nSPS) is 18.5. The van der Waals surface area contributed by atoms with E-state index in [0.29, 0.717) is 24.3 Å². The number of benzene rings is 1. The Bertz CT molecular complexity index is 835. The summed E-state index contributed by atoms with van der Waals surface area (Å²) in [7, 11) is 0. The SMILES string of the molecule is Cc1ccccc1-n1ncc(C(=O)N2CCCC(C(C)N)C2)c1C(F)(F)F.Cl. The molecular formula is C19H24ClF3N4O. The average molecular weight is 417 g/mol. The van der Waals surface area contributed by atoms with Crippen LogP contribution in [0.5, 0.6) is 0 Å². The first kappa shape index (κ1) is 22.2. The monoisotopic (exact) mass is 416 g/mol. The van der Waals surface area contributed by atoms with Crippen molar-refractivity contribution in [2.45, 2.75) is 38.9 Å². The number of hydrogen-bond acceptors (Lipinski definition) is 3. The molecule has 2 unspecified atom stereocenters. The lowest BCUT2D eigenvalue weighted by atomic mass is 9.92. The Balaban J connectivity index is 0.00000280. The van der Waals surface area contributed by atoms with E-state index in [2.05, 4.69) is 5.10 Å². The standard InChI is InChI=1S/C19H23F3N4O.ClH/c1-12-6-3-4-8-16(12)26-17(19(20,21)22)15(10-24-26)18(27)25-9-5-7-14(11-25)13(2)23;/h3-4,6,8,10,13-14H,5,7,9,11,23H2,1-2H3;1H. The summed E-state index contributed by atoms with van der Waals surface area (Å²) in [4.78, 5) is 14.4. The lowest BCUT2D eigenvalue weighted by Gasteiger charge is -2.34. The van der Waals surface area contributed by atoms with Crippen molar-refractivity contribution in [2.24, 2.45) is 11.7 Å². The number of nitrogens with zero attached hydrogens (tertiary/aromatic N) is 3. The number of carbonyl (C=O) groups is 1. The van der Waals surface area contributed by atoms with Crippen molar-refractivity contribution < 1.29 is 18.0 Å². The number of amides is 1. The van der Waals surface area contributed by atoms with Crippen LogP contribution in [0.3, 0.4) is 0 Å². The van der Waals surface area contributed by atoms with Gasteiger partial charge in [-0.2, -0.15) is 18.3 Å². The van der Waals surface area contributed by atoms with Crippen LogP contribution in [0.1, 0.15) is 41.4 Å². The van der Waals surface area contributed by atoms with Crippen LogP contribution in [0.25, 0.3) is 5.69 Å². The van der Waals surface area contributed by atoms with E-state index in [-0.39, 0.29) is 24.4 Å². The highest BCUT2D eigenvalue weighted by molar-refractivity contribution is 5.95. The highest BCUT2D eigenvalue weighted by atomic mass is 35.5. The average Bonchev–Trinajstić information content (AvgIpc) is 3.06. The van der Waals surface area contributed by atoms with Crippen LogP contribution in [-0.4, -0.2) is 39.7 Å². The van der Waals surface area contributed by atoms with Crippen molar-refractivity contribution in [3.63, 3.8) is 0 Å². The number of likely N-dealkylation sites (tertiary alicyclic amines) is 1. The van der Waals surface area contributed by atoms with Crippen molar-refractivity contribution >= 4 is 18.3 Å². The Morgan fingerprint density at radius 3 is 2.61 bits per heavy atom. The van der Waals surface area contributed by atoms with Crippen LogP contribution in [0.4, 0.5) is 13.2 Å². The molecular weight excluding hydrogens is 393 g/mol. The number of alkyl halides is 3. The van der Waals surface area contributed by atoms with E-state index in [4.69, 9.17) is 5.73 Å². The lowest BCUT2D eigenvalue weighted by molar-refractivity contribution is -0.143. The molecule has 2 atom stereocenters. The van der Waals surface area contributed by atoms with Gasteiger partial charge in [0.25, 0.3) is 5.91 Å². The molecule has 9 heteroatoms. The second-order valence-electron chi connectivity index (χ2n) is 7.12. The summed E-state index contributed by atoms with van der Waals surface area (Å²) in [5.41, 5.74) is 5.41. The van der Waals surface area contributed by atoms with Crippen molar-refractivity contribution in [2.75, 3.05) is 13.1 Å². The maximum absolute atomic E-state index is 13.8. The minimum atomic E-state index is -4.71. The van der Waals surface area contributed by atoms with E-state index in [1.807, 2.05) is 6.92 Å². The fourth-order valence-corrected chi connectivity index (χ4v) is 3.56. The van der Waals surface area contributed by atoms with Gasteiger partial charge in [0.15, 0.2) is 5.69 Å². The minimum Gasteiger partial charge on any atom is -0.338 e. The summed E-state index contributed by atoms with van der Waals surface area (Å²) in [6, 6.07) is 6.53. The van der Waals surface area contributed by atoms with Gasteiger partial charge in [-0.1, -0.05) is 18.2 Å². The van der Waals surface area contributed by atoms with Crippen LogP contribution >= 0.6 is 12.4 Å². The van der Waals surface area contributed by atoms with Gasteiger partial charge in [-0.3, -0.25) is 4.79 Å². The molecule has 1 aliphatic rings. The molecule has 0 spiro atoms. The fraction of sp³-hybridized carbons (Fsp3) is 0.474. The van der Waals surface area contributed by atoms with E-state index in [1.54, 1.807) is 31.2 Å². The third-order valence-electron chi connectivity index (χ3n) is 5.10. The first-order valence-corrected chi connectivity index (χ1v) is 8.96. The number of halogens is 4. The minimum absolute atomic E-state index is 0. The zero-order valence-electron chi connectivity index (χ0n) is 15.7. The summed E-state index contributed by atoms with van der Waals surface area (Å²) in [6.07, 6.45) is -2.09. The number of carbonyl (C=O) groups excluding carboxylic acids is 1. The number of aromatic nitrogens is 2. The molecule has 0 radical (unpaired) electrons. The molecule has 2 heterocycles. The summed E-state index contributed by atoms with van der Waals surface area (Å²) in [5.74, 6) is -0.559. The quantitative estimate of drug-likeness (QED) is 0.827. The molecule has 0 saturated carbocycles. The summed E-state index contributed by atoms with van der Waals surface area (Å²) >= 11 is 0. The van der Waals surface area contributed by atoms with Gasteiger partial charge in [0.1, 0.15) is 0 Å². The third-order valence-corrected chi connectivity index (χ3v) is 5.10. The van der Waals surface area contributed by atoms with Gasteiger partial charge in [-0.05, 0) is 44.2 Å². The highest BCUT2D eigenvalue weighted by Crippen LogP contribution is 2.35. The molecule has 2 aromatic rings. The van der Waals surface area contributed by atoms with Gasteiger partial charge in [0.2, 0.25) is 0 Å². The van der Waals surface area contributed by atoms with Crippen molar-refractivity contribution in [3.05, 3.63) is 47.3 Å². The van der Waals surface area contributed by atoms with E-state index >= 15 is 0 Å². The predicted octanol–water partition coefficient (Wildman–Crippen LogP) is 3.82. The molecule has 2 N–H and O–H groups in total. The fourth-order valence-electron chi connectivity index (χ4n) is 3.56. The third kappa shape index (κ3) is 4.33. The number of rotatable bonds is 3. The largest absolute Gasteiger partial charge is 0.434 e. The zero-order chi connectivity index (χ0) is 19.8. The number of aryl methyl sites for hydroxylation is 1. The summed E-state index contributed by atoms with van der Waals surface area (Å²) < 4.78 is 42.3. The Morgan fingerprint density at radius 2 is 2.00 bits per heavy atom.